The Bertz CT molecular complexity index is 1260. The second kappa shape index (κ2) is 10.3. The Balaban J connectivity index is 1.32. The molecule has 2 fully saturated rings. The molecule has 0 spiro atoms. The molecular formula is C25H30N2O8S2. The number of hydrogen-bond donors (Lipinski definition) is 2. The highest BCUT2D eigenvalue weighted by Crippen LogP contribution is 2.33. The Morgan fingerprint density at radius 3 is 1.35 bits per heavy atom. The minimum atomic E-state index is -3.10. The van der Waals surface area contributed by atoms with Crippen LogP contribution in [-0.4, -0.2) is 64.1 Å². The number of rotatable bonds is 6. The van der Waals surface area contributed by atoms with Gasteiger partial charge in [-0.25, -0.2) is 26.4 Å². The third kappa shape index (κ3) is 7.01. The van der Waals surface area contributed by atoms with Crippen LogP contribution in [0, 0.1) is 0 Å². The van der Waals surface area contributed by atoms with Gasteiger partial charge in [0.2, 0.25) is 0 Å². The second-order valence-corrected chi connectivity index (χ2v) is 14.4. The number of hydrogen-bond acceptors (Lipinski definition) is 8. The normalized spacial score (nSPS) is 22.2. The quantitative estimate of drug-likeness (QED) is 0.558. The molecule has 0 bridgehead atoms. The number of nitrogens with one attached hydrogen (secondary N) is 2. The summed E-state index contributed by atoms with van der Waals surface area (Å²) in [5.74, 6) is 0.651. The van der Waals surface area contributed by atoms with Gasteiger partial charge in [0.1, 0.15) is 11.5 Å². The van der Waals surface area contributed by atoms with Gasteiger partial charge in [0.25, 0.3) is 0 Å². The zero-order valence-corrected chi connectivity index (χ0v) is 22.2. The number of ether oxygens (including phenoxy) is 2. The molecule has 0 unspecified atom stereocenters. The summed E-state index contributed by atoms with van der Waals surface area (Å²) in [6, 6.07) is 13.2. The monoisotopic (exact) mass is 550 g/mol. The molecule has 2 heterocycles. The highest BCUT2D eigenvalue weighted by Gasteiger charge is 2.30. The van der Waals surface area contributed by atoms with Crippen molar-refractivity contribution in [3.8, 4) is 11.5 Å². The van der Waals surface area contributed by atoms with Crippen LogP contribution in [0.2, 0.25) is 0 Å². The van der Waals surface area contributed by atoms with Crippen LogP contribution >= 0.6 is 0 Å². The van der Waals surface area contributed by atoms with Crippen molar-refractivity contribution in [1.82, 2.24) is 10.6 Å². The fraction of sp³-hybridized carbons (Fsp3) is 0.440. The van der Waals surface area contributed by atoms with E-state index in [4.69, 9.17) is 9.47 Å². The SMILES string of the molecule is CC(C)(c1ccc(OC(=O)N[C@@H]2CCS(=O)(=O)C2)cc1)c1ccc(OC(=O)N[C@@H]2CCS(=O)(=O)C2)cc1. The van der Waals surface area contributed by atoms with E-state index in [-0.39, 0.29) is 23.0 Å². The van der Waals surface area contributed by atoms with Crippen LogP contribution < -0.4 is 20.1 Å². The van der Waals surface area contributed by atoms with E-state index < -0.39 is 49.4 Å². The highest BCUT2D eigenvalue weighted by molar-refractivity contribution is 7.91. The van der Waals surface area contributed by atoms with E-state index in [1.54, 1.807) is 24.3 Å². The van der Waals surface area contributed by atoms with Crippen LogP contribution in [-0.2, 0) is 25.1 Å². The van der Waals surface area contributed by atoms with E-state index in [0.29, 0.717) is 24.3 Å². The molecule has 4 rings (SSSR count). The average Bonchev–Trinajstić information content (AvgIpc) is 3.33. The molecule has 2 aliphatic heterocycles. The molecule has 2 aromatic carbocycles. The van der Waals surface area contributed by atoms with Crippen molar-refractivity contribution in [2.45, 2.75) is 44.2 Å². The Morgan fingerprint density at radius 2 is 1.05 bits per heavy atom. The molecule has 12 heteroatoms. The summed E-state index contributed by atoms with van der Waals surface area (Å²) in [5.41, 5.74) is 1.49. The van der Waals surface area contributed by atoms with Gasteiger partial charge in [0.15, 0.2) is 19.7 Å². The first-order chi connectivity index (χ1) is 17.3. The van der Waals surface area contributed by atoms with E-state index >= 15 is 0 Å². The lowest BCUT2D eigenvalue weighted by atomic mass is 9.78. The third-order valence-corrected chi connectivity index (χ3v) is 10.2. The molecule has 2 N–H and O–H groups in total. The van der Waals surface area contributed by atoms with Crippen LogP contribution in [0.3, 0.4) is 0 Å². The van der Waals surface area contributed by atoms with Crippen LogP contribution in [0.1, 0.15) is 37.8 Å². The second-order valence-electron chi connectivity index (χ2n) is 9.94. The van der Waals surface area contributed by atoms with E-state index in [2.05, 4.69) is 10.6 Å². The fourth-order valence-corrected chi connectivity index (χ4v) is 7.82. The van der Waals surface area contributed by atoms with Crippen LogP contribution in [0.5, 0.6) is 11.5 Å². The number of amides is 2. The predicted molar refractivity (Wildman–Crippen MR) is 137 cm³/mol. The number of carbonyl (C=O) groups is 2. The van der Waals surface area contributed by atoms with E-state index in [1.165, 1.54) is 0 Å². The molecule has 2 aromatic rings. The van der Waals surface area contributed by atoms with Crippen molar-refractivity contribution in [3.05, 3.63) is 59.7 Å². The molecule has 10 nitrogen and oxygen atoms in total. The van der Waals surface area contributed by atoms with Crippen molar-refractivity contribution < 1.29 is 35.9 Å². The molecule has 2 amide bonds. The summed E-state index contributed by atoms with van der Waals surface area (Å²) >= 11 is 0. The lowest BCUT2D eigenvalue weighted by Crippen LogP contribution is -2.37. The van der Waals surface area contributed by atoms with Gasteiger partial charge in [0, 0.05) is 17.5 Å². The standard InChI is InChI=1S/C25H30N2O8S2/c1-25(2,17-3-7-21(8-4-17)34-23(28)26-19-11-13-36(30,31)15-19)18-5-9-22(10-6-18)35-24(29)27-20-12-14-37(32,33)16-20/h3-10,19-20H,11-16H2,1-2H3,(H,26,28)(H,27,29)/t19-,20-/m1/s1. The number of sulfone groups is 2. The number of benzene rings is 2. The van der Waals surface area contributed by atoms with Gasteiger partial charge in [-0.15, -0.1) is 0 Å². The van der Waals surface area contributed by atoms with Crippen LogP contribution in [0.25, 0.3) is 0 Å². The molecule has 0 radical (unpaired) electrons. The van der Waals surface area contributed by atoms with Gasteiger partial charge in [-0.1, -0.05) is 38.1 Å². The van der Waals surface area contributed by atoms with Gasteiger partial charge in [0.05, 0.1) is 23.0 Å². The van der Waals surface area contributed by atoms with Gasteiger partial charge >= 0.3 is 12.2 Å². The van der Waals surface area contributed by atoms with Crippen molar-refractivity contribution in [2.24, 2.45) is 0 Å². The van der Waals surface area contributed by atoms with Crippen LogP contribution in [0.4, 0.5) is 9.59 Å². The van der Waals surface area contributed by atoms with E-state index in [1.807, 2.05) is 38.1 Å². The van der Waals surface area contributed by atoms with Gasteiger partial charge in [-0.2, -0.15) is 0 Å². The first kappa shape index (κ1) is 26.9. The Morgan fingerprint density at radius 1 is 0.703 bits per heavy atom. The van der Waals surface area contributed by atoms with Crippen molar-refractivity contribution in [3.63, 3.8) is 0 Å². The molecule has 2 aliphatic rings. The summed E-state index contributed by atoms with van der Waals surface area (Å²) in [6.45, 7) is 4.05. The summed E-state index contributed by atoms with van der Waals surface area (Å²) in [6.07, 6.45) is -0.625. The average molecular weight is 551 g/mol. The third-order valence-electron chi connectivity index (χ3n) is 6.68. The molecule has 2 saturated heterocycles. The topological polar surface area (TPSA) is 145 Å². The maximum Gasteiger partial charge on any atom is 0.412 e. The zero-order chi connectivity index (χ0) is 26.8. The van der Waals surface area contributed by atoms with Crippen molar-refractivity contribution >= 4 is 31.9 Å². The lowest BCUT2D eigenvalue weighted by molar-refractivity contribution is 0.196. The smallest absolute Gasteiger partial charge is 0.410 e. The molecule has 200 valence electrons. The summed E-state index contributed by atoms with van der Waals surface area (Å²) in [7, 11) is -6.20. The van der Waals surface area contributed by atoms with Crippen LogP contribution in [0.15, 0.2) is 48.5 Å². The Labute approximate surface area is 216 Å². The number of carbonyl (C=O) groups excluding carboxylic acids is 2. The van der Waals surface area contributed by atoms with Gasteiger partial charge in [-0.3, -0.25) is 0 Å². The lowest BCUT2D eigenvalue weighted by Gasteiger charge is -2.26. The predicted octanol–water partition coefficient (Wildman–Crippen LogP) is 2.56. The highest BCUT2D eigenvalue weighted by atomic mass is 32.2. The summed E-state index contributed by atoms with van der Waals surface area (Å²) < 4.78 is 56.8. The fourth-order valence-electron chi connectivity index (χ4n) is 4.47. The van der Waals surface area contributed by atoms with E-state index in [9.17, 15) is 26.4 Å². The van der Waals surface area contributed by atoms with Gasteiger partial charge < -0.3 is 20.1 Å². The first-order valence-electron chi connectivity index (χ1n) is 11.9. The Hall–Kier alpha value is -3.12. The largest absolute Gasteiger partial charge is 0.412 e. The maximum absolute atomic E-state index is 12.1. The van der Waals surface area contributed by atoms with Crippen molar-refractivity contribution in [1.29, 1.82) is 0 Å². The Kier molecular flexibility index (Phi) is 7.52. The zero-order valence-electron chi connectivity index (χ0n) is 20.6. The summed E-state index contributed by atoms with van der Waals surface area (Å²) in [5, 5.41) is 5.18. The molecule has 37 heavy (non-hydrogen) atoms. The van der Waals surface area contributed by atoms with Crippen molar-refractivity contribution in [2.75, 3.05) is 23.0 Å². The van der Waals surface area contributed by atoms with Gasteiger partial charge in [-0.05, 0) is 48.2 Å². The molecule has 0 aliphatic carbocycles. The summed E-state index contributed by atoms with van der Waals surface area (Å²) in [4.78, 5) is 24.2. The molecular weight excluding hydrogens is 520 g/mol. The molecule has 0 aromatic heterocycles. The molecule has 2 atom stereocenters. The maximum atomic E-state index is 12.1. The molecule has 0 saturated carbocycles. The minimum Gasteiger partial charge on any atom is -0.410 e. The first-order valence-corrected chi connectivity index (χ1v) is 15.5. The minimum absolute atomic E-state index is 0.0644. The van der Waals surface area contributed by atoms with E-state index in [0.717, 1.165) is 11.1 Å².